The van der Waals surface area contributed by atoms with Crippen molar-refractivity contribution in [1.29, 1.82) is 0 Å². The third-order valence-electron chi connectivity index (χ3n) is 1.13. The monoisotopic (exact) mass is 159 g/mol. The lowest BCUT2D eigenvalue weighted by atomic mass is 9.98. The van der Waals surface area contributed by atoms with Gasteiger partial charge in [0.05, 0.1) is 5.41 Å². The number of hydroxylamine groups is 1. The second-order valence-electron chi connectivity index (χ2n) is 3.53. The van der Waals surface area contributed by atoms with Crippen LogP contribution in [0.15, 0.2) is 0 Å². The maximum Gasteiger partial charge on any atom is 0.329 e. The molecular formula is C8H17NO2. The number of hydrogen-bond acceptors (Lipinski definition) is 3. The molecule has 0 atom stereocenters. The average Bonchev–Trinajstić information content (AvgIpc) is 1.86. The molecule has 3 nitrogen and oxygen atoms in total. The number of hydrogen-bond donors (Lipinski definition) is 1. The zero-order valence-corrected chi connectivity index (χ0v) is 7.73. The Kier molecular flexibility index (Phi) is 4.11. The second-order valence-corrected chi connectivity index (χ2v) is 3.53. The van der Waals surface area contributed by atoms with Crippen LogP contribution in [-0.2, 0) is 9.63 Å². The van der Waals surface area contributed by atoms with E-state index < -0.39 is 5.41 Å². The summed E-state index contributed by atoms with van der Waals surface area (Å²) in [6.07, 6.45) is 0.956. The van der Waals surface area contributed by atoms with Gasteiger partial charge in [0.15, 0.2) is 0 Å². The van der Waals surface area contributed by atoms with Crippen LogP contribution in [0.4, 0.5) is 0 Å². The van der Waals surface area contributed by atoms with E-state index in [0.29, 0.717) is 6.54 Å². The van der Waals surface area contributed by atoms with Crippen LogP contribution in [0.3, 0.4) is 0 Å². The van der Waals surface area contributed by atoms with Gasteiger partial charge in [-0.1, -0.05) is 6.92 Å². The highest BCUT2D eigenvalue weighted by atomic mass is 16.7. The Hall–Kier alpha value is -0.570. The van der Waals surface area contributed by atoms with Gasteiger partial charge in [-0.05, 0) is 27.2 Å². The molecule has 0 saturated heterocycles. The zero-order chi connectivity index (χ0) is 8.91. The summed E-state index contributed by atoms with van der Waals surface area (Å²) >= 11 is 0. The van der Waals surface area contributed by atoms with Gasteiger partial charge in [0, 0.05) is 6.54 Å². The fraction of sp³-hybridized carbons (Fsp3) is 0.875. The molecule has 66 valence electrons. The molecule has 11 heavy (non-hydrogen) atoms. The van der Waals surface area contributed by atoms with Crippen LogP contribution >= 0.6 is 0 Å². The van der Waals surface area contributed by atoms with Crippen molar-refractivity contribution in [2.45, 2.75) is 34.1 Å². The topological polar surface area (TPSA) is 38.3 Å². The molecule has 0 unspecified atom stereocenters. The molecule has 0 aliphatic carbocycles. The van der Waals surface area contributed by atoms with Crippen LogP contribution in [0.1, 0.15) is 34.1 Å². The minimum Gasteiger partial charge on any atom is -0.370 e. The minimum atomic E-state index is -0.416. The summed E-state index contributed by atoms with van der Waals surface area (Å²) in [6.45, 7) is 8.19. The Morgan fingerprint density at radius 1 is 1.45 bits per heavy atom. The summed E-state index contributed by atoms with van der Waals surface area (Å²) in [5.41, 5.74) is 2.18. The predicted octanol–water partition coefficient (Wildman–Crippen LogP) is 1.49. The van der Waals surface area contributed by atoms with Gasteiger partial charge in [0.2, 0.25) is 0 Å². The molecule has 0 heterocycles. The minimum absolute atomic E-state index is 0.217. The normalized spacial score (nSPS) is 11.3. The fourth-order valence-corrected chi connectivity index (χ4v) is 0.372. The van der Waals surface area contributed by atoms with E-state index in [2.05, 4.69) is 5.48 Å². The molecular weight excluding hydrogens is 142 g/mol. The molecule has 0 rings (SSSR count). The van der Waals surface area contributed by atoms with Gasteiger partial charge in [-0.15, -0.1) is 0 Å². The largest absolute Gasteiger partial charge is 0.370 e. The molecule has 0 aliphatic rings. The van der Waals surface area contributed by atoms with Crippen molar-refractivity contribution in [1.82, 2.24) is 5.48 Å². The van der Waals surface area contributed by atoms with E-state index in [0.717, 1.165) is 6.42 Å². The van der Waals surface area contributed by atoms with Gasteiger partial charge in [0.25, 0.3) is 0 Å². The molecule has 0 aromatic rings. The van der Waals surface area contributed by atoms with E-state index in [1.165, 1.54) is 0 Å². The smallest absolute Gasteiger partial charge is 0.329 e. The summed E-state index contributed by atoms with van der Waals surface area (Å²) < 4.78 is 0. The lowest BCUT2D eigenvalue weighted by Crippen LogP contribution is -2.29. The summed E-state index contributed by atoms with van der Waals surface area (Å²) in [5, 5.41) is 0. The van der Waals surface area contributed by atoms with E-state index in [9.17, 15) is 4.79 Å². The van der Waals surface area contributed by atoms with Gasteiger partial charge in [0.1, 0.15) is 0 Å². The van der Waals surface area contributed by atoms with E-state index in [1.54, 1.807) is 0 Å². The van der Waals surface area contributed by atoms with Gasteiger partial charge in [-0.2, -0.15) is 5.48 Å². The number of rotatable bonds is 3. The molecule has 1 N–H and O–H groups in total. The first-order valence-corrected chi connectivity index (χ1v) is 3.92. The standard InChI is InChI=1S/C8H17NO2/c1-5-6-9-11-7(10)8(2,3)4/h9H,5-6H2,1-4H3. The van der Waals surface area contributed by atoms with E-state index in [4.69, 9.17) is 4.84 Å². The molecule has 0 amide bonds. The molecule has 0 spiro atoms. The van der Waals surface area contributed by atoms with Gasteiger partial charge < -0.3 is 4.84 Å². The summed E-state index contributed by atoms with van der Waals surface area (Å²) in [7, 11) is 0. The van der Waals surface area contributed by atoms with Crippen LogP contribution in [0, 0.1) is 5.41 Å². The molecule has 0 bridgehead atoms. The Bertz CT molecular complexity index is 127. The Morgan fingerprint density at radius 3 is 2.36 bits per heavy atom. The molecule has 0 fully saturated rings. The van der Waals surface area contributed by atoms with Crippen molar-refractivity contribution in [2.75, 3.05) is 6.54 Å². The quantitative estimate of drug-likeness (QED) is 0.501. The highest BCUT2D eigenvalue weighted by Gasteiger charge is 2.22. The number of nitrogens with one attached hydrogen (secondary N) is 1. The number of carbonyl (C=O) groups is 1. The van der Waals surface area contributed by atoms with Crippen LogP contribution in [-0.4, -0.2) is 12.5 Å². The second kappa shape index (κ2) is 4.34. The van der Waals surface area contributed by atoms with E-state index >= 15 is 0 Å². The summed E-state index contributed by atoms with van der Waals surface area (Å²) in [5.74, 6) is -0.217. The lowest BCUT2D eigenvalue weighted by Gasteiger charge is -2.15. The maximum absolute atomic E-state index is 11.1. The first-order valence-electron chi connectivity index (χ1n) is 3.92. The SMILES string of the molecule is CCCNOC(=O)C(C)(C)C. The predicted molar refractivity (Wildman–Crippen MR) is 43.8 cm³/mol. The van der Waals surface area contributed by atoms with Gasteiger partial charge in [-0.25, -0.2) is 4.79 Å². The molecule has 0 aliphatic heterocycles. The van der Waals surface area contributed by atoms with E-state index in [-0.39, 0.29) is 5.97 Å². The zero-order valence-electron chi connectivity index (χ0n) is 7.73. The highest BCUT2D eigenvalue weighted by molar-refractivity contribution is 5.75. The van der Waals surface area contributed by atoms with Crippen LogP contribution < -0.4 is 5.48 Å². The first kappa shape index (κ1) is 10.4. The van der Waals surface area contributed by atoms with Gasteiger partial charge in [-0.3, -0.25) is 0 Å². The third-order valence-corrected chi connectivity index (χ3v) is 1.13. The Labute approximate surface area is 68.1 Å². The maximum atomic E-state index is 11.1. The number of carbonyl (C=O) groups excluding carboxylic acids is 1. The van der Waals surface area contributed by atoms with Crippen molar-refractivity contribution in [3.05, 3.63) is 0 Å². The lowest BCUT2D eigenvalue weighted by molar-refractivity contribution is -0.160. The Balaban J connectivity index is 3.54. The van der Waals surface area contributed by atoms with Gasteiger partial charge >= 0.3 is 5.97 Å². The first-order chi connectivity index (χ1) is 4.98. The van der Waals surface area contributed by atoms with Crippen LogP contribution in [0.5, 0.6) is 0 Å². The fourth-order valence-electron chi connectivity index (χ4n) is 0.372. The van der Waals surface area contributed by atoms with Crippen molar-refractivity contribution in [3.8, 4) is 0 Å². The molecule has 3 heteroatoms. The molecule has 0 radical (unpaired) electrons. The summed E-state index contributed by atoms with van der Waals surface area (Å²) in [4.78, 5) is 15.8. The molecule has 0 aromatic carbocycles. The Morgan fingerprint density at radius 2 is 2.00 bits per heavy atom. The molecule has 0 aromatic heterocycles. The highest BCUT2D eigenvalue weighted by Crippen LogP contribution is 2.13. The van der Waals surface area contributed by atoms with Crippen molar-refractivity contribution in [2.24, 2.45) is 5.41 Å². The van der Waals surface area contributed by atoms with Crippen molar-refractivity contribution in [3.63, 3.8) is 0 Å². The molecule has 0 saturated carbocycles. The van der Waals surface area contributed by atoms with Crippen molar-refractivity contribution >= 4 is 5.97 Å². The van der Waals surface area contributed by atoms with E-state index in [1.807, 2.05) is 27.7 Å². The van der Waals surface area contributed by atoms with Crippen LogP contribution in [0.25, 0.3) is 0 Å². The third kappa shape index (κ3) is 4.79. The van der Waals surface area contributed by atoms with Crippen molar-refractivity contribution < 1.29 is 9.63 Å². The average molecular weight is 159 g/mol. The summed E-state index contributed by atoms with van der Waals surface area (Å²) in [6, 6.07) is 0. The van der Waals surface area contributed by atoms with Crippen LogP contribution in [0.2, 0.25) is 0 Å².